The van der Waals surface area contributed by atoms with E-state index in [4.69, 9.17) is 14.2 Å². The van der Waals surface area contributed by atoms with E-state index in [1.165, 1.54) is 0 Å². The smallest absolute Gasteiger partial charge is 0.142 e. The molecule has 0 aromatic carbocycles. The fraction of sp³-hybridized carbons (Fsp3) is 1.00. The fourth-order valence-electron chi connectivity index (χ4n) is 1.65. The quantitative estimate of drug-likeness (QED) is 0.588. The van der Waals surface area contributed by atoms with Crippen LogP contribution >= 0.6 is 0 Å². The Bertz CT molecular complexity index is 152. The predicted octanol–water partition coefficient (Wildman–Crippen LogP) is 0.174. The third kappa shape index (κ3) is 3.29. The van der Waals surface area contributed by atoms with Crippen LogP contribution in [-0.4, -0.2) is 45.9 Å². The van der Waals surface area contributed by atoms with Crippen molar-refractivity contribution in [2.24, 2.45) is 0 Å². The second-order valence-corrected chi connectivity index (χ2v) is 3.86. The van der Waals surface area contributed by atoms with Crippen LogP contribution in [0.2, 0.25) is 0 Å². The molecule has 1 unspecified atom stereocenters. The number of hydrogen-bond acceptors (Lipinski definition) is 3. The third-order valence-electron chi connectivity index (χ3n) is 2.33. The molecule has 1 heterocycles. The Hall–Kier alpha value is -0.0551. The molecule has 0 radical (unpaired) electrons. The van der Waals surface area contributed by atoms with Gasteiger partial charge in [-0.05, 0) is 13.8 Å². The van der Waals surface area contributed by atoms with Crippen LogP contribution in [0.15, 0.2) is 0 Å². The van der Waals surface area contributed by atoms with Crippen LogP contribution in [0.25, 0.3) is 0 Å². The summed E-state index contributed by atoms with van der Waals surface area (Å²) >= 11 is 0. The third-order valence-corrected chi connectivity index (χ3v) is 2.33. The molecule has 3 nitrogen and oxygen atoms in total. The minimum absolute atomic E-state index is 0.178. The van der Waals surface area contributed by atoms with E-state index in [1.54, 1.807) is 7.11 Å². The molecule has 0 aliphatic carbocycles. The number of rotatable bonds is 3. The molecule has 1 rings (SSSR count). The van der Waals surface area contributed by atoms with Gasteiger partial charge >= 0.3 is 0 Å². The van der Waals surface area contributed by atoms with Gasteiger partial charge in [0.1, 0.15) is 7.85 Å². The maximum atomic E-state index is 5.67. The molecule has 1 aliphatic heterocycles. The summed E-state index contributed by atoms with van der Waals surface area (Å²) in [6.45, 7) is 4.78. The molecule has 0 amide bonds. The molecule has 1 saturated heterocycles. The molecule has 0 bridgehead atoms. The second-order valence-electron chi connectivity index (χ2n) is 3.86. The molecule has 1 aliphatic rings. The summed E-state index contributed by atoms with van der Waals surface area (Å²) in [5, 5.41) is 0. The number of methoxy groups -OCH3 is 1. The molecule has 0 aromatic rings. The highest BCUT2D eigenvalue weighted by molar-refractivity contribution is 6.11. The SMILES string of the molecule is B[C@@H]1OCC(OC(C)C)C[C@@H]1OC. The largest absolute Gasteiger partial charge is 0.382 e. The van der Waals surface area contributed by atoms with E-state index in [0.29, 0.717) is 6.61 Å². The zero-order chi connectivity index (χ0) is 9.84. The molecular formula is C9H19BO3. The lowest BCUT2D eigenvalue weighted by Gasteiger charge is -2.34. The van der Waals surface area contributed by atoms with E-state index in [1.807, 2.05) is 21.7 Å². The van der Waals surface area contributed by atoms with Crippen LogP contribution in [0.1, 0.15) is 20.3 Å². The monoisotopic (exact) mass is 186 g/mol. The first kappa shape index (κ1) is 11.0. The van der Waals surface area contributed by atoms with Crippen molar-refractivity contribution in [3.05, 3.63) is 0 Å². The normalized spacial score (nSPS) is 35.2. The average molecular weight is 186 g/mol. The van der Waals surface area contributed by atoms with Gasteiger partial charge in [-0.1, -0.05) is 0 Å². The van der Waals surface area contributed by atoms with Gasteiger partial charge in [0.05, 0.1) is 30.9 Å². The van der Waals surface area contributed by atoms with Crippen LogP contribution in [0, 0.1) is 0 Å². The standard InChI is InChI=1S/C9H19BO3/c1-6(2)13-7-4-8(11-3)9(10)12-5-7/h6-9H,4-5,10H2,1-3H3/t7?,8-,9+/m0/s1. The summed E-state index contributed by atoms with van der Waals surface area (Å²) in [5.41, 5.74) is 0. The topological polar surface area (TPSA) is 27.7 Å². The maximum absolute atomic E-state index is 5.67. The summed E-state index contributed by atoms with van der Waals surface area (Å²) in [4.78, 5) is 0. The average Bonchev–Trinajstić information content (AvgIpc) is 2.07. The van der Waals surface area contributed by atoms with E-state index in [2.05, 4.69) is 0 Å². The summed E-state index contributed by atoms with van der Waals surface area (Å²) in [5.74, 6) is 0. The molecule has 4 heteroatoms. The first-order valence-corrected chi connectivity index (χ1v) is 4.93. The molecule has 1 fully saturated rings. The van der Waals surface area contributed by atoms with Crippen molar-refractivity contribution in [2.75, 3.05) is 13.7 Å². The highest BCUT2D eigenvalue weighted by Gasteiger charge is 2.29. The molecule has 0 aromatic heterocycles. The number of ether oxygens (including phenoxy) is 3. The Balaban J connectivity index is 2.36. The highest BCUT2D eigenvalue weighted by atomic mass is 16.6. The maximum Gasteiger partial charge on any atom is 0.142 e. The van der Waals surface area contributed by atoms with E-state index >= 15 is 0 Å². The van der Waals surface area contributed by atoms with E-state index in [9.17, 15) is 0 Å². The van der Waals surface area contributed by atoms with Gasteiger partial charge in [-0.25, -0.2) is 0 Å². The second kappa shape index (κ2) is 4.98. The fourth-order valence-corrected chi connectivity index (χ4v) is 1.65. The van der Waals surface area contributed by atoms with Crippen LogP contribution in [-0.2, 0) is 14.2 Å². The van der Waals surface area contributed by atoms with E-state index in [-0.39, 0.29) is 24.3 Å². The lowest BCUT2D eigenvalue weighted by molar-refractivity contribution is -0.136. The molecule has 76 valence electrons. The molecule has 13 heavy (non-hydrogen) atoms. The van der Waals surface area contributed by atoms with Crippen molar-refractivity contribution < 1.29 is 14.2 Å². The van der Waals surface area contributed by atoms with Gasteiger partial charge in [0.25, 0.3) is 0 Å². The van der Waals surface area contributed by atoms with Gasteiger partial charge in [0.15, 0.2) is 0 Å². The zero-order valence-corrected chi connectivity index (χ0v) is 8.95. The van der Waals surface area contributed by atoms with Crippen molar-refractivity contribution in [3.8, 4) is 0 Å². The Morgan fingerprint density at radius 1 is 1.46 bits per heavy atom. The van der Waals surface area contributed by atoms with Crippen molar-refractivity contribution in [1.82, 2.24) is 0 Å². The Kier molecular flexibility index (Phi) is 4.23. The van der Waals surface area contributed by atoms with Crippen molar-refractivity contribution in [1.29, 1.82) is 0 Å². The van der Waals surface area contributed by atoms with Gasteiger partial charge in [-0.15, -0.1) is 0 Å². The van der Waals surface area contributed by atoms with Crippen molar-refractivity contribution in [2.45, 2.75) is 44.6 Å². The summed E-state index contributed by atoms with van der Waals surface area (Å²) in [6.07, 6.45) is 1.58. The highest BCUT2D eigenvalue weighted by Crippen LogP contribution is 2.18. The molecule has 0 saturated carbocycles. The Morgan fingerprint density at radius 2 is 2.15 bits per heavy atom. The Labute approximate surface area is 81.1 Å². The minimum Gasteiger partial charge on any atom is -0.382 e. The van der Waals surface area contributed by atoms with Crippen molar-refractivity contribution >= 4 is 7.85 Å². The molecular weight excluding hydrogens is 167 g/mol. The minimum atomic E-state index is 0.178. The molecule has 0 spiro atoms. The molecule has 0 N–H and O–H groups in total. The van der Waals surface area contributed by atoms with E-state index < -0.39 is 0 Å². The number of hydrogen-bond donors (Lipinski definition) is 0. The lowest BCUT2D eigenvalue weighted by Crippen LogP contribution is -2.44. The lowest BCUT2D eigenvalue weighted by atomic mass is 9.88. The van der Waals surface area contributed by atoms with Crippen LogP contribution < -0.4 is 0 Å². The van der Waals surface area contributed by atoms with Gasteiger partial charge in [-0.3, -0.25) is 0 Å². The van der Waals surface area contributed by atoms with Crippen LogP contribution in [0.4, 0.5) is 0 Å². The van der Waals surface area contributed by atoms with Gasteiger partial charge < -0.3 is 14.2 Å². The van der Waals surface area contributed by atoms with Crippen LogP contribution in [0.5, 0.6) is 0 Å². The Morgan fingerprint density at radius 3 is 2.69 bits per heavy atom. The van der Waals surface area contributed by atoms with Crippen LogP contribution in [0.3, 0.4) is 0 Å². The molecule has 3 atom stereocenters. The first-order valence-electron chi connectivity index (χ1n) is 4.93. The van der Waals surface area contributed by atoms with Crippen molar-refractivity contribution in [3.63, 3.8) is 0 Å². The summed E-state index contributed by atoms with van der Waals surface area (Å²) in [6, 6.07) is 0.192. The predicted molar refractivity (Wildman–Crippen MR) is 53.7 cm³/mol. The van der Waals surface area contributed by atoms with Gasteiger partial charge in [0, 0.05) is 13.5 Å². The van der Waals surface area contributed by atoms with Gasteiger partial charge in [0.2, 0.25) is 0 Å². The zero-order valence-electron chi connectivity index (χ0n) is 8.95. The summed E-state index contributed by atoms with van der Waals surface area (Å²) < 4.78 is 16.5. The van der Waals surface area contributed by atoms with Gasteiger partial charge in [-0.2, -0.15) is 0 Å². The summed E-state index contributed by atoms with van der Waals surface area (Å²) in [7, 11) is 3.77. The first-order chi connectivity index (χ1) is 6.13. The van der Waals surface area contributed by atoms with E-state index in [0.717, 1.165) is 6.42 Å².